The molecule has 0 spiro atoms. The number of hydrogen-bond acceptors (Lipinski definition) is 9. The molecule has 1 saturated heterocycles. The molecule has 12 heteroatoms. The van der Waals surface area contributed by atoms with Crippen LogP contribution in [0.4, 0.5) is 5.82 Å². The van der Waals surface area contributed by atoms with Crippen LogP contribution in [0, 0.1) is 0 Å². The number of fused-ring (bicyclic) bond motifs is 1. The van der Waals surface area contributed by atoms with E-state index in [1.54, 1.807) is 18.5 Å². The topological polar surface area (TPSA) is 144 Å². The number of nitrogens with two attached hydrogens (primary N) is 2. The normalized spacial score (nSPS) is 30.3. The molecule has 3 rings (SSSR count). The molecule has 0 bridgehead atoms. The van der Waals surface area contributed by atoms with Gasteiger partial charge in [0.2, 0.25) is 0 Å². The number of nitrogen functional groups attached to an aromatic ring is 1. The molecule has 0 aliphatic carbocycles. The van der Waals surface area contributed by atoms with Gasteiger partial charge in [0.05, 0.1) is 0 Å². The van der Waals surface area contributed by atoms with Gasteiger partial charge in [-0.25, -0.2) is 0 Å². The van der Waals surface area contributed by atoms with Gasteiger partial charge in [-0.1, -0.05) is 0 Å². The van der Waals surface area contributed by atoms with Crippen molar-refractivity contribution in [1.29, 1.82) is 0 Å². The summed E-state index contributed by atoms with van der Waals surface area (Å²) in [6.45, 7) is 2.11. The van der Waals surface area contributed by atoms with Crippen LogP contribution < -0.4 is 11.5 Å². The molecular formula is C11H20BN6O4P. The molecule has 0 saturated carbocycles. The zero-order valence-electron chi connectivity index (χ0n) is 12.9. The molecule has 126 valence electrons. The van der Waals surface area contributed by atoms with Gasteiger partial charge in [0.15, 0.2) is 0 Å². The van der Waals surface area contributed by atoms with Crippen molar-refractivity contribution in [2.75, 3.05) is 18.9 Å². The molecule has 23 heavy (non-hydrogen) atoms. The van der Waals surface area contributed by atoms with Gasteiger partial charge in [0.1, 0.15) is 0 Å². The fourth-order valence-corrected chi connectivity index (χ4v) is 3.48. The Kier molecular flexibility index (Phi) is 4.50. The molecule has 0 aromatic carbocycles. The third-order valence-electron chi connectivity index (χ3n) is 3.53. The molecule has 2 aromatic rings. The molecule has 10 nitrogen and oxygen atoms in total. The summed E-state index contributed by atoms with van der Waals surface area (Å²) >= 11 is 0. The number of ether oxygens (including phenoxy) is 1. The standard InChI is InChI=1S/C11H20BN6O4P/c1-6-2-20-23(12,19)21-3-7(13)11(22-6)18-5-17-8-9(14)15-4-16-10(8)18/h4-7,11,19,23H,2-3,12-13H2,1H3,(H2,14,15,16)/t6-,7-,11+/m0/s1. The molecule has 3 atom stereocenters. The second-order valence-electron chi connectivity index (χ2n) is 5.60. The van der Waals surface area contributed by atoms with Crippen LogP contribution in [0.1, 0.15) is 13.2 Å². The van der Waals surface area contributed by atoms with E-state index in [4.69, 9.17) is 25.3 Å². The Labute approximate surface area is 134 Å². The van der Waals surface area contributed by atoms with Gasteiger partial charge in [0.25, 0.3) is 0 Å². The van der Waals surface area contributed by atoms with Gasteiger partial charge in [0, 0.05) is 0 Å². The van der Waals surface area contributed by atoms with E-state index in [2.05, 4.69) is 15.0 Å². The van der Waals surface area contributed by atoms with Crippen LogP contribution in [-0.2, 0) is 13.8 Å². The minimum atomic E-state index is -3.20. The first-order valence-electron chi connectivity index (χ1n) is 7.22. The van der Waals surface area contributed by atoms with E-state index in [1.807, 2.05) is 6.92 Å². The van der Waals surface area contributed by atoms with Crippen molar-refractivity contribution in [3.8, 4) is 0 Å². The number of anilines is 1. The van der Waals surface area contributed by atoms with Crippen molar-refractivity contribution in [3.63, 3.8) is 0 Å². The molecule has 5 N–H and O–H groups in total. The van der Waals surface area contributed by atoms with Crippen LogP contribution >= 0.6 is 7.82 Å². The molecule has 1 aliphatic rings. The molecular weight excluding hydrogens is 322 g/mol. The van der Waals surface area contributed by atoms with E-state index < -0.39 is 20.1 Å². The van der Waals surface area contributed by atoms with E-state index in [0.29, 0.717) is 11.2 Å². The van der Waals surface area contributed by atoms with Gasteiger partial charge >= 0.3 is 133 Å². The number of imidazole rings is 1. The summed E-state index contributed by atoms with van der Waals surface area (Å²) in [5.74, 6) is 0.286. The van der Waals surface area contributed by atoms with Crippen molar-refractivity contribution in [2.45, 2.75) is 25.3 Å². The SMILES string of the molecule is B[PH]1(O)OC[C@H](C)O[C@@H](n2cnc3c(N)ncnc32)[C@@H](N)CO1. The Bertz CT molecular complexity index is 700. The van der Waals surface area contributed by atoms with Crippen molar-refractivity contribution < 1.29 is 18.7 Å². The Hall–Kier alpha value is -1.36. The summed E-state index contributed by atoms with van der Waals surface area (Å²) in [4.78, 5) is 22.4. The average molecular weight is 342 g/mol. The Morgan fingerprint density at radius 1 is 1.35 bits per heavy atom. The summed E-state index contributed by atoms with van der Waals surface area (Å²) in [5, 5.41) is 0. The van der Waals surface area contributed by atoms with Crippen molar-refractivity contribution >= 4 is 32.4 Å². The first-order valence-corrected chi connectivity index (χ1v) is 9.48. The van der Waals surface area contributed by atoms with Crippen LogP contribution in [-0.4, -0.2) is 57.3 Å². The summed E-state index contributed by atoms with van der Waals surface area (Å²) in [7, 11) is -1.65. The molecule has 1 fully saturated rings. The fourth-order valence-electron chi connectivity index (χ4n) is 2.35. The summed E-state index contributed by atoms with van der Waals surface area (Å²) < 4.78 is 18.5. The van der Waals surface area contributed by atoms with Gasteiger partial charge < -0.3 is 0 Å². The predicted octanol–water partition coefficient (Wildman–Crippen LogP) is -1.28. The third kappa shape index (κ3) is 3.44. The van der Waals surface area contributed by atoms with E-state index in [0.717, 1.165) is 0 Å². The third-order valence-corrected chi connectivity index (χ3v) is 4.93. The van der Waals surface area contributed by atoms with Gasteiger partial charge in [-0.2, -0.15) is 0 Å². The van der Waals surface area contributed by atoms with Crippen LogP contribution in [0.25, 0.3) is 11.2 Å². The van der Waals surface area contributed by atoms with Crippen LogP contribution in [0.2, 0.25) is 0 Å². The van der Waals surface area contributed by atoms with Crippen LogP contribution in [0.3, 0.4) is 0 Å². The average Bonchev–Trinajstić information content (AvgIpc) is 2.94. The van der Waals surface area contributed by atoms with Crippen LogP contribution in [0.5, 0.6) is 0 Å². The quantitative estimate of drug-likeness (QED) is 0.426. The van der Waals surface area contributed by atoms with E-state index in [9.17, 15) is 4.89 Å². The van der Waals surface area contributed by atoms with Gasteiger partial charge in [-0.15, -0.1) is 0 Å². The Morgan fingerprint density at radius 2 is 2.09 bits per heavy atom. The molecule has 2 aromatic heterocycles. The zero-order valence-corrected chi connectivity index (χ0v) is 13.9. The molecule has 0 unspecified atom stereocenters. The molecule has 1 aliphatic heterocycles. The minimum absolute atomic E-state index is 0.0802. The van der Waals surface area contributed by atoms with E-state index >= 15 is 0 Å². The van der Waals surface area contributed by atoms with Gasteiger partial charge in [-0.05, 0) is 0 Å². The van der Waals surface area contributed by atoms with Gasteiger partial charge in [-0.3, -0.25) is 0 Å². The maximum absolute atomic E-state index is 10.1. The first-order chi connectivity index (χ1) is 10.9. The fraction of sp³-hybridized carbons (Fsp3) is 0.545. The van der Waals surface area contributed by atoms with E-state index in [-0.39, 0.29) is 25.1 Å². The molecule has 0 amide bonds. The summed E-state index contributed by atoms with van der Waals surface area (Å²) in [6, 6.07) is -0.549. The summed E-state index contributed by atoms with van der Waals surface area (Å²) in [5.41, 5.74) is 13.0. The molecule has 0 radical (unpaired) electrons. The number of aromatic nitrogens is 4. The molecule has 3 heterocycles. The van der Waals surface area contributed by atoms with Crippen LogP contribution in [0.15, 0.2) is 12.7 Å². The second-order valence-corrected chi connectivity index (χ2v) is 7.98. The number of rotatable bonds is 1. The zero-order chi connectivity index (χ0) is 16.6. The van der Waals surface area contributed by atoms with Crippen molar-refractivity contribution in [3.05, 3.63) is 12.7 Å². The Balaban J connectivity index is 1.96. The van der Waals surface area contributed by atoms with E-state index in [1.165, 1.54) is 6.33 Å². The predicted molar refractivity (Wildman–Crippen MR) is 88.3 cm³/mol. The van der Waals surface area contributed by atoms with Crippen molar-refractivity contribution in [2.24, 2.45) is 5.73 Å². The second kappa shape index (κ2) is 6.27. The number of nitrogens with zero attached hydrogens (tertiary/aromatic N) is 4. The first kappa shape index (κ1) is 16.5. The number of hydrogen-bond donors (Lipinski definition) is 3. The monoisotopic (exact) mass is 342 g/mol. The maximum atomic E-state index is 10.1. The summed E-state index contributed by atoms with van der Waals surface area (Å²) in [6.07, 6.45) is 2.03. The van der Waals surface area contributed by atoms with Crippen molar-refractivity contribution in [1.82, 2.24) is 19.5 Å². The Morgan fingerprint density at radius 3 is 2.87 bits per heavy atom.